The third-order valence-electron chi connectivity index (χ3n) is 2.33. The Kier molecular flexibility index (Phi) is 6.02. The molecule has 1 heterocycles. The van der Waals surface area contributed by atoms with E-state index in [1.807, 2.05) is 6.26 Å². The zero-order valence-electron chi connectivity index (χ0n) is 11.1. The highest BCUT2D eigenvalue weighted by Gasteiger charge is 2.24. The Morgan fingerprint density at radius 3 is 2.70 bits per heavy atom. The molecule has 0 saturated heterocycles. The number of hydrogen-bond acceptors (Lipinski definition) is 6. The van der Waals surface area contributed by atoms with Gasteiger partial charge < -0.3 is 10.2 Å². The third-order valence-corrected chi connectivity index (χ3v) is 6.21. The molecule has 1 rings (SSSR count). The fourth-order valence-electron chi connectivity index (χ4n) is 1.43. The van der Waals surface area contributed by atoms with E-state index in [9.17, 15) is 18.3 Å². The van der Waals surface area contributed by atoms with Crippen LogP contribution >= 0.6 is 23.1 Å². The van der Waals surface area contributed by atoms with Crippen molar-refractivity contribution in [1.29, 1.82) is 0 Å². The first-order valence-corrected chi connectivity index (χ1v) is 9.37. The minimum absolute atomic E-state index is 0.0497. The molecule has 0 aromatic carbocycles. The third kappa shape index (κ3) is 5.41. The van der Waals surface area contributed by atoms with Crippen LogP contribution < -0.4 is 4.72 Å². The van der Waals surface area contributed by atoms with Gasteiger partial charge in [-0.15, -0.1) is 11.3 Å². The lowest BCUT2D eigenvalue weighted by Gasteiger charge is -2.22. The van der Waals surface area contributed by atoms with E-state index >= 15 is 0 Å². The van der Waals surface area contributed by atoms with Crippen molar-refractivity contribution in [2.24, 2.45) is 0 Å². The lowest BCUT2D eigenvalue weighted by atomic mass is 10.1. The van der Waals surface area contributed by atoms with Crippen molar-refractivity contribution in [3.63, 3.8) is 0 Å². The van der Waals surface area contributed by atoms with Gasteiger partial charge in [-0.1, -0.05) is 0 Å². The average Bonchev–Trinajstić information content (AvgIpc) is 2.75. The largest absolute Gasteiger partial charge is 0.481 e. The predicted octanol–water partition coefficient (Wildman–Crippen LogP) is 0.767. The van der Waals surface area contributed by atoms with E-state index in [0.717, 1.165) is 11.3 Å². The molecule has 3 N–H and O–H groups in total. The summed E-state index contributed by atoms with van der Waals surface area (Å²) in [5.41, 5.74) is -1.13. The lowest BCUT2D eigenvalue weighted by molar-refractivity contribution is -0.136. The van der Waals surface area contributed by atoms with Gasteiger partial charge in [-0.25, -0.2) is 13.1 Å². The Bertz CT molecular complexity index is 564. The zero-order chi connectivity index (χ0) is 15.4. The first-order valence-electron chi connectivity index (χ1n) is 5.68. The van der Waals surface area contributed by atoms with Gasteiger partial charge in [0.2, 0.25) is 10.0 Å². The molecule has 0 fully saturated rings. The smallest absolute Gasteiger partial charge is 0.308 e. The molecule has 1 atom stereocenters. The van der Waals surface area contributed by atoms with E-state index in [4.69, 9.17) is 5.11 Å². The number of thiophene rings is 1. The minimum atomic E-state index is -3.72. The van der Waals surface area contributed by atoms with Gasteiger partial charge in [0.1, 0.15) is 4.21 Å². The maximum atomic E-state index is 12.0. The van der Waals surface area contributed by atoms with E-state index in [1.54, 1.807) is 6.92 Å². The Balaban J connectivity index is 2.74. The second-order valence-corrected chi connectivity index (χ2v) is 8.57. The maximum Gasteiger partial charge on any atom is 0.308 e. The summed E-state index contributed by atoms with van der Waals surface area (Å²) in [6, 6.07) is 2.85. The SMILES string of the molecule is CSCC(C)(O)CNS(=O)(=O)c1ccc(CC(=O)O)s1. The summed E-state index contributed by atoms with van der Waals surface area (Å²) in [6.07, 6.45) is 1.62. The van der Waals surface area contributed by atoms with Crippen LogP contribution in [0.5, 0.6) is 0 Å². The van der Waals surface area contributed by atoms with Crippen LogP contribution in [0.4, 0.5) is 0 Å². The summed E-state index contributed by atoms with van der Waals surface area (Å²) in [4.78, 5) is 11.0. The normalized spacial score (nSPS) is 14.9. The van der Waals surface area contributed by atoms with Crippen LogP contribution in [0.25, 0.3) is 0 Å². The van der Waals surface area contributed by atoms with Gasteiger partial charge in [-0.3, -0.25) is 4.79 Å². The summed E-state index contributed by atoms with van der Waals surface area (Å²) in [5.74, 6) is -0.601. The van der Waals surface area contributed by atoms with Crippen LogP contribution in [0.2, 0.25) is 0 Å². The molecule has 114 valence electrons. The fourth-order valence-corrected chi connectivity index (χ4v) is 4.71. The molecule has 0 spiro atoms. The zero-order valence-corrected chi connectivity index (χ0v) is 13.6. The monoisotopic (exact) mass is 339 g/mol. The molecule has 0 aliphatic rings. The highest BCUT2D eigenvalue weighted by Crippen LogP contribution is 2.22. The first kappa shape index (κ1) is 17.4. The Morgan fingerprint density at radius 2 is 2.15 bits per heavy atom. The number of hydrogen-bond donors (Lipinski definition) is 3. The molecular formula is C11H17NO5S3. The highest BCUT2D eigenvalue weighted by atomic mass is 32.2. The summed E-state index contributed by atoms with van der Waals surface area (Å²) < 4.78 is 26.4. The summed E-state index contributed by atoms with van der Waals surface area (Å²) in [7, 11) is -3.72. The molecule has 0 aliphatic carbocycles. The predicted molar refractivity (Wildman–Crippen MR) is 79.9 cm³/mol. The molecule has 0 radical (unpaired) electrons. The number of nitrogens with one attached hydrogen (secondary N) is 1. The first-order chi connectivity index (χ1) is 9.16. The van der Waals surface area contributed by atoms with Crippen molar-refractivity contribution in [2.45, 2.75) is 23.2 Å². The number of carboxylic acid groups (broad SMARTS) is 1. The van der Waals surface area contributed by atoms with Crippen molar-refractivity contribution in [3.8, 4) is 0 Å². The molecule has 0 saturated carbocycles. The molecule has 1 unspecified atom stereocenters. The standard InChI is InChI=1S/C11H17NO5S3/c1-11(15,7-18-2)6-12-20(16,17)10-4-3-8(19-10)5-9(13)14/h3-4,12,15H,5-7H2,1-2H3,(H,13,14). The number of aliphatic carboxylic acids is 1. The minimum Gasteiger partial charge on any atom is -0.481 e. The maximum absolute atomic E-state index is 12.0. The van der Waals surface area contributed by atoms with E-state index in [1.165, 1.54) is 23.9 Å². The Morgan fingerprint density at radius 1 is 1.50 bits per heavy atom. The van der Waals surface area contributed by atoms with E-state index in [-0.39, 0.29) is 17.2 Å². The molecular weight excluding hydrogens is 322 g/mol. The second-order valence-electron chi connectivity index (χ2n) is 4.55. The molecule has 9 heteroatoms. The summed E-state index contributed by atoms with van der Waals surface area (Å²) in [6.45, 7) is 1.46. The number of aliphatic hydroxyl groups is 1. The van der Waals surface area contributed by atoms with Crippen LogP contribution in [0.1, 0.15) is 11.8 Å². The van der Waals surface area contributed by atoms with Crippen molar-refractivity contribution in [2.75, 3.05) is 18.6 Å². The quantitative estimate of drug-likeness (QED) is 0.646. The van der Waals surface area contributed by atoms with Crippen LogP contribution in [0.15, 0.2) is 16.3 Å². The molecule has 20 heavy (non-hydrogen) atoms. The number of rotatable bonds is 8. The van der Waals surface area contributed by atoms with Crippen molar-refractivity contribution in [1.82, 2.24) is 4.72 Å². The van der Waals surface area contributed by atoms with Gasteiger partial charge in [-0.05, 0) is 25.3 Å². The van der Waals surface area contributed by atoms with Gasteiger partial charge in [0.15, 0.2) is 0 Å². The van der Waals surface area contributed by atoms with Gasteiger partial charge in [0.05, 0.1) is 12.0 Å². The molecule has 0 aliphatic heterocycles. The van der Waals surface area contributed by atoms with E-state index in [0.29, 0.717) is 10.6 Å². The summed E-state index contributed by atoms with van der Waals surface area (Å²) in [5, 5.41) is 18.6. The van der Waals surface area contributed by atoms with Gasteiger partial charge >= 0.3 is 5.97 Å². The van der Waals surface area contributed by atoms with Gasteiger partial charge in [0.25, 0.3) is 0 Å². The molecule has 6 nitrogen and oxygen atoms in total. The Labute approximate surface area is 126 Å². The van der Waals surface area contributed by atoms with E-state index < -0.39 is 21.6 Å². The van der Waals surface area contributed by atoms with Gasteiger partial charge in [-0.2, -0.15) is 11.8 Å². The number of carbonyl (C=O) groups is 1. The van der Waals surface area contributed by atoms with Crippen molar-refractivity contribution >= 4 is 39.1 Å². The van der Waals surface area contributed by atoms with E-state index in [2.05, 4.69) is 4.72 Å². The van der Waals surface area contributed by atoms with Crippen LogP contribution in [0, 0.1) is 0 Å². The fraction of sp³-hybridized carbons (Fsp3) is 0.545. The topological polar surface area (TPSA) is 104 Å². The lowest BCUT2D eigenvalue weighted by Crippen LogP contribution is -2.42. The number of sulfonamides is 1. The van der Waals surface area contributed by atoms with Crippen LogP contribution in [0.3, 0.4) is 0 Å². The molecule has 1 aromatic rings. The second kappa shape index (κ2) is 6.90. The van der Waals surface area contributed by atoms with Crippen LogP contribution in [-0.4, -0.2) is 48.8 Å². The van der Waals surface area contributed by atoms with Crippen molar-refractivity contribution < 1.29 is 23.4 Å². The number of carboxylic acids is 1. The average molecular weight is 339 g/mol. The van der Waals surface area contributed by atoms with Gasteiger partial charge in [0, 0.05) is 17.2 Å². The molecule has 0 amide bonds. The summed E-state index contributed by atoms with van der Waals surface area (Å²) >= 11 is 2.33. The van der Waals surface area contributed by atoms with Crippen molar-refractivity contribution in [3.05, 3.63) is 17.0 Å². The van der Waals surface area contributed by atoms with Crippen LogP contribution in [-0.2, 0) is 21.2 Å². The molecule has 0 bridgehead atoms. The Hall–Kier alpha value is -0.610. The highest BCUT2D eigenvalue weighted by molar-refractivity contribution is 7.98. The number of thioether (sulfide) groups is 1. The molecule has 1 aromatic heterocycles.